The average molecular weight is 318 g/mol. The Morgan fingerprint density at radius 3 is 2.50 bits per heavy atom. The van der Waals surface area contributed by atoms with Crippen LogP contribution >= 0.6 is 11.3 Å². The Kier molecular flexibility index (Phi) is 4.32. The Balaban J connectivity index is 2.25. The van der Waals surface area contributed by atoms with Gasteiger partial charge in [0.2, 0.25) is 0 Å². The van der Waals surface area contributed by atoms with Crippen molar-refractivity contribution < 1.29 is 14.7 Å². The lowest BCUT2D eigenvalue weighted by Gasteiger charge is -2.17. The normalized spacial score (nSPS) is 11.3. The van der Waals surface area contributed by atoms with Crippen LogP contribution < -0.4 is 5.32 Å². The van der Waals surface area contributed by atoms with Gasteiger partial charge in [0, 0.05) is 11.1 Å². The Hall–Kier alpha value is -2.21. The van der Waals surface area contributed by atoms with Crippen LogP contribution in [0, 0.1) is 6.92 Å². The van der Waals surface area contributed by atoms with Crippen molar-refractivity contribution in [3.05, 3.63) is 45.4 Å². The van der Waals surface area contributed by atoms with Gasteiger partial charge in [-0.2, -0.15) is 0 Å². The number of nitrogens with zero attached hydrogens (tertiary/aromatic N) is 1. The summed E-state index contributed by atoms with van der Waals surface area (Å²) < 4.78 is 0. The highest BCUT2D eigenvalue weighted by molar-refractivity contribution is 7.12. The van der Waals surface area contributed by atoms with Gasteiger partial charge in [0.1, 0.15) is 4.88 Å². The average Bonchev–Trinajstić information content (AvgIpc) is 2.87. The fraction of sp³-hybridized carbons (Fsp3) is 0.312. The van der Waals surface area contributed by atoms with E-state index in [-0.39, 0.29) is 16.9 Å². The summed E-state index contributed by atoms with van der Waals surface area (Å²) in [5, 5.41) is 11.8. The Labute approximate surface area is 133 Å². The number of thiazole rings is 1. The van der Waals surface area contributed by atoms with E-state index in [2.05, 4.69) is 10.3 Å². The molecule has 2 aromatic rings. The number of carboxylic acids is 1. The van der Waals surface area contributed by atoms with Gasteiger partial charge in [-0.25, -0.2) is 9.78 Å². The molecule has 1 aromatic carbocycles. The highest BCUT2D eigenvalue weighted by atomic mass is 32.1. The third-order valence-corrected chi connectivity index (χ3v) is 4.02. The largest absolute Gasteiger partial charge is 0.478 e. The number of carboxylic acid groups (broad SMARTS) is 1. The molecule has 0 bridgehead atoms. The van der Waals surface area contributed by atoms with Crippen LogP contribution in [0.5, 0.6) is 0 Å². The fourth-order valence-corrected chi connectivity index (χ4v) is 3.00. The minimum absolute atomic E-state index is 0.213. The highest BCUT2D eigenvalue weighted by Crippen LogP contribution is 2.28. The first-order chi connectivity index (χ1) is 10.2. The van der Waals surface area contributed by atoms with Gasteiger partial charge in [0.25, 0.3) is 5.91 Å². The first kappa shape index (κ1) is 16.2. The van der Waals surface area contributed by atoms with Crippen LogP contribution in [0.4, 0.5) is 5.69 Å². The number of hydrogen-bond donors (Lipinski definition) is 2. The first-order valence-electron chi connectivity index (χ1n) is 6.79. The van der Waals surface area contributed by atoms with Crippen LogP contribution in [0.15, 0.2) is 23.7 Å². The number of aromatic nitrogens is 1. The van der Waals surface area contributed by atoms with E-state index in [1.54, 1.807) is 24.6 Å². The zero-order chi connectivity index (χ0) is 16.5. The highest BCUT2D eigenvalue weighted by Gasteiger charge is 2.25. The summed E-state index contributed by atoms with van der Waals surface area (Å²) in [4.78, 5) is 28.3. The van der Waals surface area contributed by atoms with Gasteiger partial charge in [-0.3, -0.25) is 4.79 Å². The third kappa shape index (κ3) is 3.33. The molecule has 0 saturated carbocycles. The minimum atomic E-state index is -0.979. The zero-order valence-electron chi connectivity index (χ0n) is 12.9. The number of hydrogen-bond acceptors (Lipinski definition) is 4. The number of nitrogens with one attached hydrogen (secondary N) is 1. The van der Waals surface area contributed by atoms with Gasteiger partial charge in [0.15, 0.2) is 0 Å². The standard InChI is InChI=1S/C16H18N2O3S/c1-9-7-10(5-6-11(9)15(20)21)18-14(19)12-13(16(2,3)4)17-8-22-12/h5-8H,1-4H3,(H,18,19)(H,20,21). The van der Waals surface area contributed by atoms with Crippen molar-refractivity contribution in [1.29, 1.82) is 0 Å². The molecule has 0 saturated heterocycles. The number of carbonyl (C=O) groups excluding carboxylic acids is 1. The Morgan fingerprint density at radius 2 is 1.95 bits per heavy atom. The van der Waals surface area contributed by atoms with Crippen molar-refractivity contribution in [2.75, 3.05) is 5.32 Å². The summed E-state index contributed by atoms with van der Waals surface area (Å²) in [6, 6.07) is 4.73. The number of anilines is 1. The second-order valence-electron chi connectivity index (χ2n) is 6.07. The molecule has 1 amide bonds. The van der Waals surface area contributed by atoms with Gasteiger partial charge in [-0.15, -0.1) is 11.3 Å². The number of carbonyl (C=O) groups is 2. The van der Waals surface area contributed by atoms with E-state index in [0.29, 0.717) is 16.1 Å². The second kappa shape index (κ2) is 5.88. The van der Waals surface area contributed by atoms with Crippen molar-refractivity contribution in [3.8, 4) is 0 Å². The first-order valence-corrected chi connectivity index (χ1v) is 7.67. The summed E-state index contributed by atoms with van der Waals surface area (Å²) in [6.07, 6.45) is 0. The molecule has 5 nitrogen and oxygen atoms in total. The lowest BCUT2D eigenvalue weighted by atomic mass is 9.91. The van der Waals surface area contributed by atoms with E-state index in [4.69, 9.17) is 5.11 Å². The monoisotopic (exact) mass is 318 g/mol. The lowest BCUT2D eigenvalue weighted by Crippen LogP contribution is -2.19. The zero-order valence-corrected chi connectivity index (χ0v) is 13.7. The maximum Gasteiger partial charge on any atom is 0.335 e. The van der Waals surface area contributed by atoms with Gasteiger partial charge >= 0.3 is 5.97 Å². The number of benzene rings is 1. The third-order valence-electron chi connectivity index (χ3n) is 3.20. The Bertz CT molecular complexity index is 729. The van der Waals surface area contributed by atoms with Crippen LogP contribution in [0.3, 0.4) is 0 Å². The van der Waals surface area contributed by atoms with Crippen LogP contribution in [-0.2, 0) is 5.41 Å². The molecular formula is C16H18N2O3S. The van der Waals surface area contributed by atoms with E-state index in [1.165, 1.54) is 17.4 Å². The Morgan fingerprint density at radius 1 is 1.27 bits per heavy atom. The molecule has 2 rings (SSSR count). The van der Waals surface area contributed by atoms with Gasteiger partial charge < -0.3 is 10.4 Å². The predicted octanol–water partition coefficient (Wildman–Crippen LogP) is 3.70. The van der Waals surface area contributed by atoms with Crippen LogP contribution in [-0.4, -0.2) is 22.0 Å². The van der Waals surface area contributed by atoms with Crippen molar-refractivity contribution in [3.63, 3.8) is 0 Å². The van der Waals surface area contributed by atoms with E-state index >= 15 is 0 Å². The number of amides is 1. The van der Waals surface area contributed by atoms with Gasteiger partial charge in [0.05, 0.1) is 16.8 Å². The number of rotatable bonds is 3. The quantitative estimate of drug-likeness (QED) is 0.904. The van der Waals surface area contributed by atoms with Gasteiger partial charge in [-0.1, -0.05) is 20.8 Å². The van der Waals surface area contributed by atoms with Crippen molar-refractivity contribution in [2.45, 2.75) is 33.1 Å². The summed E-state index contributed by atoms with van der Waals surface area (Å²) in [7, 11) is 0. The smallest absolute Gasteiger partial charge is 0.335 e. The van der Waals surface area contributed by atoms with Crippen LogP contribution in [0.2, 0.25) is 0 Å². The van der Waals surface area contributed by atoms with Crippen molar-refractivity contribution >= 4 is 28.9 Å². The SMILES string of the molecule is Cc1cc(NC(=O)c2scnc2C(C)(C)C)ccc1C(=O)O. The number of aromatic carboxylic acids is 1. The van der Waals surface area contributed by atoms with E-state index in [1.807, 2.05) is 20.8 Å². The lowest BCUT2D eigenvalue weighted by molar-refractivity contribution is 0.0696. The predicted molar refractivity (Wildman–Crippen MR) is 86.9 cm³/mol. The fourth-order valence-electron chi connectivity index (χ4n) is 2.11. The molecule has 1 heterocycles. The van der Waals surface area contributed by atoms with Crippen molar-refractivity contribution in [2.24, 2.45) is 0 Å². The van der Waals surface area contributed by atoms with Gasteiger partial charge in [-0.05, 0) is 30.7 Å². The maximum absolute atomic E-state index is 12.4. The van der Waals surface area contributed by atoms with Crippen molar-refractivity contribution in [1.82, 2.24) is 4.98 Å². The van der Waals surface area contributed by atoms with Crippen LogP contribution in [0.25, 0.3) is 0 Å². The minimum Gasteiger partial charge on any atom is -0.478 e. The molecule has 22 heavy (non-hydrogen) atoms. The molecule has 0 spiro atoms. The molecule has 1 aromatic heterocycles. The van der Waals surface area contributed by atoms with E-state index in [9.17, 15) is 9.59 Å². The molecule has 2 N–H and O–H groups in total. The molecule has 0 atom stereocenters. The van der Waals surface area contributed by atoms with E-state index in [0.717, 1.165) is 5.69 Å². The summed E-state index contributed by atoms with van der Waals surface area (Å²) in [5.41, 5.74) is 3.61. The van der Waals surface area contributed by atoms with E-state index < -0.39 is 5.97 Å². The molecule has 6 heteroatoms. The molecular weight excluding hydrogens is 300 g/mol. The summed E-state index contributed by atoms with van der Waals surface area (Å²) in [6.45, 7) is 7.71. The molecule has 0 aliphatic carbocycles. The maximum atomic E-state index is 12.4. The second-order valence-corrected chi connectivity index (χ2v) is 6.92. The molecule has 0 aliphatic rings. The molecule has 0 unspecified atom stereocenters. The van der Waals surface area contributed by atoms with Crippen LogP contribution in [0.1, 0.15) is 52.1 Å². The molecule has 0 radical (unpaired) electrons. The topological polar surface area (TPSA) is 79.3 Å². The molecule has 0 fully saturated rings. The molecule has 116 valence electrons. The number of aryl methyl sites for hydroxylation is 1. The summed E-state index contributed by atoms with van der Waals surface area (Å²) in [5.74, 6) is -1.21. The molecule has 0 aliphatic heterocycles. The summed E-state index contributed by atoms with van der Waals surface area (Å²) >= 11 is 1.30.